The quantitative estimate of drug-likeness (QED) is 0.912. The Labute approximate surface area is 133 Å². The molecule has 116 valence electrons. The van der Waals surface area contributed by atoms with Crippen molar-refractivity contribution in [2.75, 3.05) is 32.8 Å². The summed E-state index contributed by atoms with van der Waals surface area (Å²) in [6.45, 7) is 3.41. The van der Waals surface area contributed by atoms with Crippen molar-refractivity contribution in [2.24, 2.45) is 0 Å². The molecule has 3 rings (SSSR count). The van der Waals surface area contributed by atoms with E-state index in [0.29, 0.717) is 19.8 Å². The number of carbonyl (C=O) groups excluding carboxylic acids is 1. The molecule has 1 aliphatic rings. The van der Waals surface area contributed by atoms with E-state index in [9.17, 15) is 4.79 Å². The van der Waals surface area contributed by atoms with Crippen molar-refractivity contribution in [1.82, 2.24) is 15.2 Å². The highest BCUT2D eigenvalue weighted by molar-refractivity contribution is 7.09. The predicted molar refractivity (Wildman–Crippen MR) is 85.8 cm³/mol. The number of thiazole rings is 1. The van der Waals surface area contributed by atoms with Crippen LogP contribution >= 0.6 is 11.3 Å². The lowest BCUT2D eigenvalue weighted by Gasteiger charge is -2.26. The molecule has 0 bridgehead atoms. The van der Waals surface area contributed by atoms with Crippen LogP contribution in [0.25, 0.3) is 0 Å². The molecule has 1 aromatic carbocycles. The molecule has 1 aliphatic heterocycles. The second-order valence-electron chi connectivity index (χ2n) is 5.17. The molecule has 0 radical (unpaired) electrons. The predicted octanol–water partition coefficient (Wildman–Crippen LogP) is 1.68. The topological polar surface area (TPSA) is 54.5 Å². The van der Waals surface area contributed by atoms with Crippen LogP contribution in [-0.4, -0.2) is 48.6 Å². The van der Waals surface area contributed by atoms with Crippen LogP contribution in [0.5, 0.6) is 0 Å². The zero-order valence-corrected chi connectivity index (χ0v) is 13.1. The van der Waals surface area contributed by atoms with Gasteiger partial charge in [-0.05, 0) is 5.56 Å². The van der Waals surface area contributed by atoms with E-state index in [4.69, 9.17) is 4.74 Å². The first-order valence-electron chi connectivity index (χ1n) is 7.37. The van der Waals surface area contributed by atoms with Gasteiger partial charge in [-0.1, -0.05) is 30.3 Å². The third-order valence-electron chi connectivity index (χ3n) is 3.61. The highest BCUT2D eigenvalue weighted by Gasteiger charge is 2.21. The second-order valence-corrected chi connectivity index (χ2v) is 6.10. The van der Waals surface area contributed by atoms with E-state index in [1.165, 1.54) is 0 Å². The maximum atomic E-state index is 12.4. The lowest BCUT2D eigenvalue weighted by molar-refractivity contribution is -0.123. The van der Waals surface area contributed by atoms with Gasteiger partial charge in [0.25, 0.3) is 0 Å². The van der Waals surface area contributed by atoms with Crippen LogP contribution in [0.3, 0.4) is 0 Å². The molecule has 0 aliphatic carbocycles. The van der Waals surface area contributed by atoms with Crippen LogP contribution in [0.2, 0.25) is 0 Å². The van der Waals surface area contributed by atoms with Crippen LogP contribution in [0.1, 0.15) is 16.6 Å². The minimum absolute atomic E-state index is 0.0194. The van der Waals surface area contributed by atoms with Crippen LogP contribution in [0.15, 0.2) is 41.9 Å². The lowest BCUT2D eigenvalue weighted by atomic mass is 10.1. The highest BCUT2D eigenvalue weighted by atomic mass is 32.1. The standard InChI is InChI=1S/C16H19N3O2S/c20-14(12-19-7-9-21-10-8-19)18-15(16-17-6-11-22-16)13-4-2-1-3-5-13/h1-6,11,15H,7-10,12H2,(H,18,20)/t15-/m1/s1. The minimum atomic E-state index is -0.185. The average Bonchev–Trinajstić information content (AvgIpc) is 3.08. The first-order valence-corrected chi connectivity index (χ1v) is 8.25. The number of rotatable bonds is 5. The first kappa shape index (κ1) is 15.1. The second kappa shape index (κ2) is 7.49. The fourth-order valence-corrected chi connectivity index (χ4v) is 3.19. The number of nitrogens with zero attached hydrogens (tertiary/aromatic N) is 2. The van der Waals surface area contributed by atoms with Gasteiger partial charge in [0.05, 0.1) is 19.8 Å². The molecule has 1 aromatic heterocycles. The molecule has 1 amide bonds. The van der Waals surface area contributed by atoms with Crippen molar-refractivity contribution in [3.05, 3.63) is 52.5 Å². The molecule has 5 nitrogen and oxygen atoms in total. The molecule has 2 aromatic rings. The first-order chi connectivity index (χ1) is 10.8. The maximum Gasteiger partial charge on any atom is 0.235 e. The molecule has 1 saturated heterocycles. The highest BCUT2D eigenvalue weighted by Crippen LogP contribution is 2.23. The fraction of sp³-hybridized carbons (Fsp3) is 0.375. The molecular weight excluding hydrogens is 298 g/mol. The van der Waals surface area contributed by atoms with Crippen LogP contribution < -0.4 is 5.32 Å². The number of hydrogen-bond acceptors (Lipinski definition) is 5. The van der Waals surface area contributed by atoms with Crippen molar-refractivity contribution in [1.29, 1.82) is 0 Å². The van der Waals surface area contributed by atoms with Gasteiger partial charge in [-0.25, -0.2) is 4.98 Å². The SMILES string of the molecule is O=C(CN1CCOCC1)N[C@H](c1ccccc1)c1nccs1. The molecule has 1 fully saturated rings. The van der Waals surface area contributed by atoms with Gasteiger partial charge in [0.1, 0.15) is 11.0 Å². The number of ether oxygens (including phenoxy) is 1. The summed E-state index contributed by atoms with van der Waals surface area (Å²) >= 11 is 1.55. The van der Waals surface area contributed by atoms with Crippen LogP contribution in [0, 0.1) is 0 Å². The number of nitrogens with one attached hydrogen (secondary N) is 1. The van der Waals surface area contributed by atoms with Crippen molar-refractivity contribution < 1.29 is 9.53 Å². The molecule has 0 spiro atoms. The minimum Gasteiger partial charge on any atom is -0.379 e. The van der Waals surface area contributed by atoms with Gasteiger partial charge in [0.15, 0.2) is 0 Å². The smallest absolute Gasteiger partial charge is 0.235 e. The van der Waals surface area contributed by atoms with Gasteiger partial charge in [0.2, 0.25) is 5.91 Å². The summed E-state index contributed by atoms with van der Waals surface area (Å²) in [5, 5.41) is 5.94. The summed E-state index contributed by atoms with van der Waals surface area (Å²) in [6, 6.07) is 9.77. The van der Waals surface area contributed by atoms with E-state index >= 15 is 0 Å². The zero-order valence-electron chi connectivity index (χ0n) is 12.3. The van der Waals surface area contributed by atoms with Gasteiger partial charge in [-0.3, -0.25) is 9.69 Å². The summed E-state index contributed by atoms with van der Waals surface area (Å²) in [7, 11) is 0. The maximum absolute atomic E-state index is 12.4. The Hall–Kier alpha value is -1.76. The van der Waals surface area contributed by atoms with Crippen molar-refractivity contribution in [2.45, 2.75) is 6.04 Å². The van der Waals surface area contributed by atoms with Crippen LogP contribution in [-0.2, 0) is 9.53 Å². The molecule has 0 unspecified atom stereocenters. The van der Waals surface area contributed by atoms with Gasteiger partial charge in [0, 0.05) is 24.7 Å². The van der Waals surface area contributed by atoms with Gasteiger partial charge in [-0.15, -0.1) is 11.3 Å². The Balaban J connectivity index is 1.69. The van der Waals surface area contributed by atoms with Gasteiger partial charge < -0.3 is 10.1 Å². The van der Waals surface area contributed by atoms with E-state index < -0.39 is 0 Å². The van der Waals surface area contributed by atoms with Crippen molar-refractivity contribution in [3.8, 4) is 0 Å². The Morgan fingerprint density at radius 1 is 1.32 bits per heavy atom. The van der Waals surface area contributed by atoms with E-state index in [-0.39, 0.29) is 11.9 Å². The molecular formula is C16H19N3O2S. The van der Waals surface area contributed by atoms with E-state index in [0.717, 1.165) is 23.7 Å². The largest absolute Gasteiger partial charge is 0.379 e. The Kier molecular flexibility index (Phi) is 5.15. The van der Waals surface area contributed by atoms with E-state index in [1.54, 1.807) is 17.5 Å². The Morgan fingerprint density at radius 2 is 2.09 bits per heavy atom. The molecule has 1 atom stereocenters. The third-order valence-corrected chi connectivity index (χ3v) is 4.45. The number of morpholine rings is 1. The third kappa shape index (κ3) is 3.91. The van der Waals surface area contributed by atoms with E-state index in [1.807, 2.05) is 35.7 Å². The number of hydrogen-bond donors (Lipinski definition) is 1. The Morgan fingerprint density at radius 3 is 2.77 bits per heavy atom. The van der Waals surface area contributed by atoms with Gasteiger partial charge >= 0.3 is 0 Å². The molecule has 0 saturated carbocycles. The number of aromatic nitrogens is 1. The number of amides is 1. The molecule has 1 N–H and O–H groups in total. The normalized spacial score (nSPS) is 17.1. The van der Waals surface area contributed by atoms with E-state index in [2.05, 4.69) is 15.2 Å². The number of carbonyl (C=O) groups is 1. The molecule has 22 heavy (non-hydrogen) atoms. The summed E-state index contributed by atoms with van der Waals surface area (Å²) < 4.78 is 5.31. The fourth-order valence-electron chi connectivity index (χ4n) is 2.48. The number of benzene rings is 1. The molecule has 6 heteroatoms. The lowest BCUT2D eigenvalue weighted by Crippen LogP contribution is -2.44. The zero-order chi connectivity index (χ0) is 15.2. The Bertz CT molecular complexity index is 583. The van der Waals surface area contributed by atoms with Crippen molar-refractivity contribution >= 4 is 17.2 Å². The van der Waals surface area contributed by atoms with Crippen molar-refractivity contribution in [3.63, 3.8) is 0 Å². The summed E-state index contributed by atoms with van der Waals surface area (Å²) in [4.78, 5) is 18.9. The van der Waals surface area contributed by atoms with Gasteiger partial charge in [-0.2, -0.15) is 0 Å². The summed E-state index contributed by atoms with van der Waals surface area (Å²) in [5.41, 5.74) is 1.05. The monoisotopic (exact) mass is 317 g/mol. The molecule has 2 heterocycles. The summed E-state index contributed by atoms with van der Waals surface area (Å²) in [6.07, 6.45) is 1.77. The summed E-state index contributed by atoms with van der Waals surface area (Å²) in [5.74, 6) is 0.0194. The average molecular weight is 317 g/mol. The van der Waals surface area contributed by atoms with Crippen LogP contribution in [0.4, 0.5) is 0 Å².